The molecule has 6 nitrogen and oxygen atoms in total. The zero-order valence-corrected chi connectivity index (χ0v) is 16.6. The van der Waals surface area contributed by atoms with Gasteiger partial charge in [0, 0.05) is 28.0 Å². The zero-order valence-electron chi connectivity index (χ0n) is 15.8. The molecule has 2 aromatic heterocycles. The average Bonchev–Trinajstić information content (AvgIpc) is 3.10. The van der Waals surface area contributed by atoms with Crippen LogP contribution in [0.25, 0.3) is 11.5 Å². The molecule has 0 saturated heterocycles. The molecule has 2 saturated carbocycles. The molecule has 0 radical (unpaired) electrons. The summed E-state index contributed by atoms with van der Waals surface area (Å²) in [6.07, 6.45) is 8.76. The lowest BCUT2D eigenvalue weighted by molar-refractivity contribution is -0.148. The van der Waals surface area contributed by atoms with Crippen molar-refractivity contribution in [2.75, 3.05) is 0 Å². The highest BCUT2D eigenvalue weighted by Gasteiger charge is 2.37. The molecular formula is C21H24N2O4S. The maximum Gasteiger partial charge on any atom is 0.307 e. The van der Waals surface area contributed by atoms with Crippen LogP contribution in [0.1, 0.15) is 72.0 Å². The van der Waals surface area contributed by atoms with Crippen LogP contribution in [0.15, 0.2) is 4.52 Å². The predicted molar refractivity (Wildman–Crippen MR) is 103 cm³/mol. The lowest BCUT2D eigenvalue weighted by atomic mass is 9.76. The van der Waals surface area contributed by atoms with Gasteiger partial charge in [-0.05, 0) is 50.5 Å². The number of ketones is 1. The van der Waals surface area contributed by atoms with E-state index in [-0.39, 0.29) is 18.1 Å². The van der Waals surface area contributed by atoms with Crippen molar-refractivity contribution in [1.29, 1.82) is 0 Å². The van der Waals surface area contributed by atoms with Crippen LogP contribution in [-0.4, -0.2) is 27.0 Å². The Labute approximate surface area is 167 Å². The number of carbonyl (C=O) groups is 2. The van der Waals surface area contributed by atoms with Crippen molar-refractivity contribution in [2.45, 2.75) is 70.1 Å². The van der Waals surface area contributed by atoms with Crippen molar-refractivity contribution >= 4 is 23.1 Å². The fourth-order valence-electron chi connectivity index (χ4n) is 4.78. The van der Waals surface area contributed by atoms with E-state index in [1.807, 2.05) is 0 Å². The Hall–Kier alpha value is -2.02. The molecule has 0 amide bonds. The van der Waals surface area contributed by atoms with E-state index in [0.717, 1.165) is 61.2 Å². The molecule has 1 N–H and O–H groups in total. The molecule has 2 atom stereocenters. The smallest absolute Gasteiger partial charge is 0.307 e. The number of hydrogen-bond acceptors (Lipinski definition) is 6. The number of carboxylic acids is 1. The van der Waals surface area contributed by atoms with E-state index in [1.165, 1.54) is 10.4 Å². The second-order valence-corrected chi connectivity index (χ2v) is 9.56. The van der Waals surface area contributed by atoms with E-state index in [0.29, 0.717) is 24.7 Å². The molecule has 28 heavy (non-hydrogen) atoms. The van der Waals surface area contributed by atoms with Crippen LogP contribution in [0, 0.1) is 11.8 Å². The molecule has 2 fully saturated rings. The Morgan fingerprint density at radius 1 is 1.07 bits per heavy atom. The normalized spacial score (nSPS) is 24.3. The lowest BCUT2D eigenvalue weighted by Crippen LogP contribution is -2.33. The van der Waals surface area contributed by atoms with Gasteiger partial charge in [0.05, 0.1) is 11.5 Å². The number of aromatic nitrogens is 2. The third kappa shape index (κ3) is 3.19. The highest BCUT2D eigenvalue weighted by Crippen LogP contribution is 2.44. The number of aliphatic carboxylic acids is 1. The number of nitrogens with zero attached hydrogens (tertiary/aromatic N) is 2. The fraction of sp³-hybridized carbons (Fsp3) is 0.619. The SMILES string of the molecule is O=C(O)[C@H]1CCCC[C@@H]1C(=O)Cc1sc2c(c1-c1nc(C3CC3)no1)CCC2. The largest absolute Gasteiger partial charge is 0.481 e. The number of hydrogen-bond donors (Lipinski definition) is 1. The minimum atomic E-state index is -0.835. The Kier molecular flexibility index (Phi) is 4.57. The summed E-state index contributed by atoms with van der Waals surface area (Å²) in [5, 5.41) is 13.7. The molecule has 7 heteroatoms. The van der Waals surface area contributed by atoms with Crippen LogP contribution < -0.4 is 0 Å². The lowest BCUT2D eigenvalue weighted by Gasteiger charge is -2.27. The van der Waals surface area contributed by atoms with Gasteiger partial charge in [-0.2, -0.15) is 4.98 Å². The van der Waals surface area contributed by atoms with Crippen molar-refractivity contribution in [1.82, 2.24) is 10.1 Å². The average molecular weight is 401 g/mol. The van der Waals surface area contributed by atoms with Crippen molar-refractivity contribution in [3.05, 3.63) is 21.1 Å². The minimum Gasteiger partial charge on any atom is -0.481 e. The van der Waals surface area contributed by atoms with Crippen LogP contribution in [-0.2, 0) is 28.9 Å². The highest BCUT2D eigenvalue weighted by atomic mass is 32.1. The molecule has 0 unspecified atom stereocenters. The summed E-state index contributed by atoms with van der Waals surface area (Å²) in [5.41, 5.74) is 2.23. The second kappa shape index (κ2) is 7.10. The molecule has 2 aromatic rings. The van der Waals surface area contributed by atoms with E-state index in [4.69, 9.17) is 4.52 Å². The Morgan fingerprint density at radius 2 is 1.86 bits per heavy atom. The molecule has 0 spiro atoms. The Morgan fingerprint density at radius 3 is 2.61 bits per heavy atom. The maximum absolute atomic E-state index is 13.1. The third-order valence-corrected chi connectivity index (χ3v) is 7.72. The molecule has 0 bridgehead atoms. The Balaban J connectivity index is 1.45. The van der Waals surface area contributed by atoms with Crippen LogP contribution >= 0.6 is 11.3 Å². The number of fused-ring (bicyclic) bond motifs is 1. The van der Waals surface area contributed by atoms with Gasteiger partial charge >= 0.3 is 5.97 Å². The number of rotatable bonds is 6. The van der Waals surface area contributed by atoms with E-state index in [1.54, 1.807) is 11.3 Å². The van der Waals surface area contributed by atoms with Gasteiger partial charge in [-0.3, -0.25) is 9.59 Å². The van der Waals surface area contributed by atoms with Gasteiger partial charge in [-0.1, -0.05) is 18.0 Å². The molecule has 0 aromatic carbocycles. The topological polar surface area (TPSA) is 93.3 Å². The van der Waals surface area contributed by atoms with Gasteiger partial charge in [0.2, 0.25) is 0 Å². The van der Waals surface area contributed by atoms with Crippen molar-refractivity contribution in [3.63, 3.8) is 0 Å². The molecule has 5 rings (SSSR count). The maximum atomic E-state index is 13.1. The van der Waals surface area contributed by atoms with Crippen LogP contribution in [0.3, 0.4) is 0 Å². The first-order valence-corrected chi connectivity index (χ1v) is 11.2. The fourth-order valence-corrected chi connectivity index (χ4v) is 6.18. The van der Waals surface area contributed by atoms with Gasteiger partial charge < -0.3 is 9.63 Å². The van der Waals surface area contributed by atoms with Gasteiger partial charge in [0.15, 0.2) is 5.82 Å². The van der Waals surface area contributed by atoms with Gasteiger partial charge in [-0.15, -0.1) is 11.3 Å². The molecule has 3 aliphatic rings. The zero-order chi connectivity index (χ0) is 19.3. The van der Waals surface area contributed by atoms with Gasteiger partial charge in [-0.25, -0.2) is 0 Å². The Bertz CT molecular complexity index is 927. The minimum absolute atomic E-state index is 0.0511. The van der Waals surface area contributed by atoms with Crippen molar-refractivity contribution in [2.24, 2.45) is 11.8 Å². The quantitative estimate of drug-likeness (QED) is 0.782. The van der Waals surface area contributed by atoms with E-state index in [9.17, 15) is 14.7 Å². The molecule has 3 aliphatic carbocycles. The monoisotopic (exact) mass is 400 g/mol. The van der Waals surface area contributed by atoms with Crippen LogP contribution in [0.4, 0.5) is 0 Å². The van der Waals surface area contributed by atoms with Gasteiger partial charge in [0.25, 0.3) is 5.89 Å². The number of Topliss-reactive ketones (excluding diaryl/α,β-unsaturated/α-hetero) is 1. The first-order chi connectivity index (χ1) is 13.6. The summed E-state index contributed by atoms with van der Waals surface area (Å²) in [6.45, 7) is 0. The number of thiophene rings is 1. The number of carboxylic acid groups (broad SMARTS) is 1. The summed E-state index contributed by atoms with van der Waals surface area (Å²) >= 11 is 1.68. The first-order valence-electron chi connectivity index (χ1n) is 10.3. The number of aryl methyl sites for hydroxylation is 1. The van der Waals surface area contributed by atoms with E-state index in [2.05, 4.69) is 10.1 Å². The third-order valence-electron chi connectivity index (χ3n) is 6.42. The van der Waals surface area contributed by atoms with E-state index >= 15 is 0 Å². The summed E-state index contributed by atoms with van der Waals surface area (Å²) in [5.74, 6) is 0.0501. The molecule has 2 heterocycles. The standard InChI is InChI=1S/C21H24N2O4S/c24-15(12-4-1-2-5-13(12)21(25)26)10-17-18(14-6-3-7-16(14)28-17)20-22-19(23-27-20)11-8-9-11/h11-13H,1-10H2,(H,25,26)/t12-,13-/m0/s1. The summed E-state index contributed by atoms with van der Waals surface area (Å²) in [7, 11) is 0. The summed E-state index contributed by atoms with van der Waals surface area (Å²) < 4.78 is 5.60. The molecule has 148 valence electrons. The van der Waals surface area contributed by atoms with Crippen LogP contribution in [0.5, 0.6) is 0 Å². The molecule has 0 aliphatic heterocycles. The first kappa shape index (κ1) is 18.0. The van der Waals surface area contributed by atoms with Crippen molar-refractivity contribution < 1.29 is 19.2 Å². The van der Waals surface area contributed by atoms with E-state index < -0.39 is 11.9 Å². The van der Waals surface area contributed by atoms with Crippen LogP contribution in [0.2, 0.25) is 0 Å². The summed E-state index contributed by atoms with van der Waals surface area (Å²) in [6, 6.07) is 0. The predicted octanol–water partition coefficient (Wildman–Crippen LogP) is 4.17. The van der Waals surface area contributed by atoms with Crippen molar-refractivity contribution in [3.8, 4) is 11.5 Å². The summed E-state index contributed by atoms with van der Waals surface area (Å²) in [4.78, 5) is 31.6. The molecular weight excluding hydrogens is 376 g/mol. The second-order valence-electron chi connectivity index (χ2n) is 8.37. The van der Waals surface area contributed by atoms with Gasteiger partial charge in [0.1, 0.15) is 5.78 Å². The number of carbonyl (C=O) groups excluding carboxylic acids is 1. The highest BCUT2D eigenvalue weighted by molar-refractivity contribution is 7.12.